The largest absolute Gasteiger partial charge is 0.459 e. The summed E-state index contributed by atoms with van der Waals surface area (Å²) in [5.41, 5.74) is 0. The molecule has 0 atom stereocenters. The third-order valence-corrected chi connectivity index (χ3v) is 0.597. The maximum atomic E-state index is 10.3. The summed E-state index contributed by atoms with van der Waals surface area (Å²) in [4.78, 5) is 32.4. The number of rotatable bonds is 1. The Bertz CT molecular complexity index is 192. The number of amides is 1. The molecule has 0 aliphatic carbocycles. The zero-order chi connectivity index (χ0) is 7.98. The topological polar surface area (TPSA) is 72.8 Å². The van der Waals surface area contributed by atoms with Crippen LogP contribution in [0.5, 0.6) is 0 Å². The Morgan fingerprint density at radius 2 is 2.20 bits per heavy atom. The molecule has 0 aromatic heterocycles. The minimum Gasteiger partial charge on any atom is -0.459 e. The van der Waals surface area contributed by atoms with E-state index in [4.69, 9.17) is 0 Å². The van der Waals surface area contributed by atoms with E-state index in [0.29, 0.717) is 0 Å². The van der Waals surface area contributed by atoms with E-state index in [2.05, 4.69) is 9.73 Å². The van der Waals surface area contributed by atoms with Crippen molar-refractivity contribution in [1.29, 1.82) is 0 Å². The van der Waals surface area contributed by atoms with Gasteiger partial charge in [0.1, 0.15) is 0 Å². The first kappa shape index (κ1) is 8.52. The number of carbonyl (C=O) groups is 2. The van der Waals surface area contributed by atoms with Gasteiger partial charge in [-0.05, 0) is 6.92 Å². The highest BCUT2D eigenvalue weighted by molar-refractivity contribution is 6.33. The van der Waals surface area contributed by atoms with Crippen LogP contribution in [0, 0.1) is 0 Å². The van der Waals surface area contributed by atoms with Crippen LogP contribution >= 0.6 is 0 Å². The van der Waals surface area contributed by atoms with Gasteiger partial charge >= 0.3 is 11.9 Å². The summed E-state index contributed by atoms with van der Waals surface area (Å²) in [6.45, 7) is 1.62. The fourth-order valence-electron chi connectivity index (χ4n) is 0.280. The van der Waals surface area contributed by atoms with E-state index in [1.807, 2.05) is 0 Å². The molecule has 0 fully saturated rings. The lowest BCUT2D eigenvalue weighted by Crippen LogP contribution is -2.14. The smallest absolute Gasteiger partial charge is 0.400 e. The van der Waals surface area contributed by atoms with Crippen LogP contribution in [-0.2, 0) is 19.1 Å². The lowest BCUT2D eigenvalue weighted by atomic mass is 10.6. The first-order chi connectivity index (χ1) is 4.72. The molecule has 0 saturated carbocycles. The van der Waals surface area contributed by atoms with Crippen LogP contribution in [0.4, 0.5) is 0 Å². The number of esters is 1. The Balaban J connectivity index is 3.95. The standard InChI is InChI=1S/C5H5NO4/c1-2-10-5(9)4(8)6-3-7/h2H2,1H3. The van der Waals surface area contributed by atoms with Gasteiger partial charge in [-0.25, -0.2) is 9.59 Å². The molecule has 0 N–H and O–H groups in total. The van der Waals surface area contributed by atoms with Gasteiger partial charge in [-0.1, -0.05) is 0 Å². The molecule has 0 aromatic carbocycles. The summed E-state index contributed by atoms with van der Waals surface area (Å²) in [6.07, 6.45) is 0.931. The highest BCUT2D eigenvalue weighted by atomic mass is 16.5. The molecule has 0 aliphatic rings. The van der Waals surface area contributed by atoms with Crippen LogP contribution in [0.15, 0.2) is 4.99 Å². The van der Waals surface area contributed by atoms with Crippen molar-refractivity contribution in [2.75, 3.05) is 6.61 Å². The van der Waals surface area contributed by atoms with Crippen LogP contribution in [0.1, 0.15) is 6.92 Å². The van der Waals surface area contributed by atoms with Gasteiger partial charge in [-0.3, -0.25) is 4.79 Å². The number of hydrogen-bond donors (Lipinski definition) is 0. The van der Waals surface area contributed by atoms with Crippen molar-refractivity contribution in [2.24, 2.45) is 4.99 Å². The molecule has 0 aromatic rings. The molecular weight excluding hydrogens is 138 g/mol. The number of aliphatic imine (C=N–C) groups is 1. The van der Waals surface area contributed by atoms with Crippen molar-refractivity contribution < 1.29 is 19.1 Å². The predicted octanol–water partition coefficient (Wildman–Crippen LogP) is -0.588. The van der Waals surface area contributed by atoms with Crippen molar-refractivity contribution in [3.63, 3.8) is 0 Å². The molecule has 0 spiro atoms. The second kappa shape index (κ2) is 4.40. The maximum absolute atomic E-state index is 10.3. The van der Waals surface area contributed by atoms with Crippen LogP contribution in [0.25, 0.3) is 0 Å². The number of hydrogen-bond acceptors (Lipinski definition) is 4. The molecule has 0 saturated heterocycles. The van der Waals surface area contributed by atoms with Gasteiger partial charge in [0.05, 0.1) is 6.61 Å². The summed E-state index contributed by atoms with van der Waals surface area (Å²) in [5.74, 6) is -2.36. The van der Waals surface area contributed by atoms with E-state index >= 15 is 0 Å². The Morgan fingerprint density at radius 1 is 1.60 bits per heavy atom. The number of isocyanates is 1. The Morgan fingerprint density at radius 3 is 2.60 bits per heavy atom. The number of ether oxygens (including phenoxy) is 1. The lowest BCUT2D eigenvalue weighted by Gasteiger charge is -1.92. The van der Waals surface area contributed by atoms with Crippen molar-refractivity contribution in [3.8, 4) is 0 Å². The quantitative estimate of drug-likeness (QED) is 0.213. The van der Waals surface area contributed by atoms with Crippen molar-refractivity contribution in [1.82, 2.24) is 0 Å². The summed E-state index contributed by atoms with van der Waals surface area (Å²) in [5, 5.41) is 0. The molecular formula is C5H5NO4. The monoisotopic (exact) mass is 143 g/mol. The Hall–Kier alpha value is -1.48. The van der Waals surface area contributed by atoms with E-state index in [1.54, 1.807) is 0 Å². The lowest BCUT2D eigenvalue weighted by molar-refractivity contribution is -0.152. The van der Waals surface area contributed by atoms with Crippen LogP contribution < -0.4 is 0 Å². The molecule has 0 heterocycles. The van der Waals surface area contributed by atoms with Crippen molar-refractivity contribution in [2.45, 2.75) is 6.92 Å². The van der Waals surface area contributed by atoms with E-state index in [0.717, 1.165) is 6.08 Å². The summed E-state index contributed by atoms with van der Waals surface area (Å²) in [7, 11) is 0. The molecule has 0 rings (SSSR count). The highest BCUT2D eigenvalue weighted by Crippen LogP contribution is 1.80. The molecule has 54 valence electrons. The van der Waals surface area contributed by atoms with Crippen molar-refractivity contribution >= 4 is 18.0 Å². The fraction of sp³-hybridized carbons (Fsp3) is 0.400. The normalized spacial score (nSPS) is 7.70. The van der Waals surface area contributed by atoms with Gasteiger partial charge in [-0.2, -0.15) is 0 Å². The second-order valence-electron chi connectivity index (χ2n) is 1.23. The van der Waals surface area contributed by atoms with E-state index in [-0.39, 0.29) is 6.61 Å². The molecule has 5 heteroatoms. The first-order valence-electron chi connectivity index (χ1n) is 2.51. The predicted molar refractivity (Wildman–Crippen MR) is 29.8 cm³/mol. The minimum absolute atomic E-state index is 0.0823. The zero-order valence-corrected chi connectivity index (χ0v) is 5.29. The van der Waals surface area contributed by atoms with Gasteiger partial charge < -0.3 is 4.74 Å². The van der Waals surface area contributed by atoms with E-state index in [1.165, 1.54) is 6.92 Å². The summed E-state index contributed by atoms with van der Waals surface area (Å²) < 4.78 is 4.20. The van der Waals surface area contributed by atoms with Gasteiger partial charge in [0.15, 0.2) is 0 Å². The van der Waals surface area contributed by atoms with E-state index in [9.17, 15) is 14.4 Å². The van der Waals surface area contributed by atoms with Crippen LogP contribution in [-0.4, -0.2) is 24.6 Å². The Kier molecular flexibility index (Phi) is 3.75. The third kappa shape index (κ3) is 2.74. The maximum Gasteiger partial charge on any atom is 0.400 e. The molecule has 10 heavy (non-hydrogen) atoms. The van der Waals surface area contributed by atoms with Crippen LogP contribution in [0.2, 0.25) is 0 Å². The second-order valence-corrected chi connectivity index (χ2v) is 1.23. The van der Waals surface area contributed by atoms with Gasteiger partial charge in [-0.15, -0.1) is 4.99 Å². The van der Waals surface area contributed by atoms with Crippen LogP contribution in [0.3, 0.4) is 0 Å². The van der Waals surface area contributed by atoms with Crippen molar-refractivity contribution in [3.05, 3.63) is 0 Å². The van der Waals surface area contributed by atoms with Gasteiger partial charge in [0.2, 0.25) is 6.08 Å². The summed E-state index contributed by atoms with van der Waals surface area (Å²) >= 11 is 0. The molecule has 0 radical (unpaired) electrons. The van der Waals surface area contributed by atoms with Gasteiger partial charge in [0.25, 0.3) is 0 Å². The number of nitrogens with zero attached hydrogens (tertiary/aromatic N) is 1. The molecule has 0 bridgehead atoms. The minimum atomic E-state index is -1.23. The average Bonchev–Trinajstić information content (AvgIpc) is 1.89. The summed E-state index contributed by atoms with van der Waals surface area (Å²) in [6, 6.07) is 0. The Labute approximate surface area is 56.7 Å². The fourth-order valence-corrected chi connectivity index (χ4v) is 0.280. The molecule has 0 aliphatic heterocycles. The van der Waals surface area contributed by atoms with Gasteiger partial charge in [0, 0.05) is 0 Å². The molecule has 5 nitrogen and oxygen atoms in total. The molecule has 1 amide bonds. The zero-order valence-electron chi connectivity index (χ0n) is 5.29. The van der Waals surface area contributed by atoms with E-state index < -0.39 is 11.9 Å². The molecule has 0 unspecified atom stereocenters. The SMILES string of the molecule is CCOC(=O)C(=O)N=C=O. The highest BCUT2D eigenvalue weighted by Gasteiger charge is 2.12. The third-order valence-electron chi connectivity index (χ3n) is 0.597. The number of carbonyl (C=O) groups excluding carboxylic acids is 3. The first-order valence-corrected chi connectivity index (χ1v) is 2.51. The average molecular weight is 143 g/mol.